The highest BCUT2D eigenvalue weighted by molar-refractivity contribution is 7.87. The first-order chi connectivity index (χ1) is 13.8. The lowest BCUT2D eigenvalue weighted by Gasteiger charge is -2.35. The molecule has 29 heavy (non-hydrogen) atoms. The molecule has 7 heteroatoms. The molecule has 1 amide bonds. The first-order valence-corrected chi connectivity index (χ1v) is 11.3. The number of halogens is 1. The van der Waals surface area contributed by atoms with Gasteiger partial charge >= 0.3 is 10.1 Å². The summed E-state index contributed by atoms with van der Waals surface area (Å²) < 4.78 is 43.1. The summed E-state index contributed by atoms with van der Waals surface area (Å²) in [5.74, 6) is -0.0997. The minimum Gasteiger partial charge on any atom is -0.379 e. The van der Waals surface area contributed by atoms with Crippen molar-refractivity contribution in [1.29, 1.82) is 0 Å². The van der Waals surface area contributed by atoms with Gasteiger partial charge in [0.25, 0.3) is 0 Å². The molecule has 2 aromatic rings. The lowest BCUT2D eigenvalue weighted by molar-refractivity contribution is -0.141. The van der Waals surface area contributed by atoms with Crippen LogP contribution in [-0.4, -0.2) is 25.3 Å². The molecule has 0 aromatic heterocycles. The summed E-state index contributed by atoms with van der Waals surface area (Å²) in [6, 6.07) is 11.3. The monoisotopic (exact) mass is 419 g/mol. The van der Waals surface area contributed by atoms with Crippen LogP contribution < -0.4 is 4.18 Å². The summed E-state index contributed by atoms with van der Waals surface area (Å²) >= 11 is 0. The van der Waals surface area contributed by atoms with Crippen LogP contribution in [0.4, 0.5) is 4.39 Å². The molecule has 1 saturated carbocycles. The molecule has 1 aliphatic carbocycles. The van der Waals surface area contributed by atoms with Crippen LogP contribution in [0.1, 0.15) is 45.1 Å². The van der Waals surface area contributed by atoms with Crippen molar-refractivity contribution in [1.82, 2.24) is 4.90 Å². The van der Waals surface area contributed by atoms with E-state index in [-0.39, 0.29) is 28.5 Å². The molecule has 0 bridgehead atoms. The van der Waals surface area contributed by atoms with Crippen molar-refractivity contribution in [2.75, 3.05) is 0 Å². The van der Waals surface area contributed by atoms with Crippen molar-refractivity contribution in [2.24, 2.45) is 5.92 Å². The number of amides is 1. The second kappa shape index (κ2) is 8.95. The quantitative estimate of drug-likeness (QED) is 0.590. The second-order valence-corrected chi connectivity index (χ2v) is 9.04. The first-order valence-electron chi connectivity index (χ1n) is 9.89. The predicted molar refractivity (Wildman–Crippen MR) is 108 cm³/mol. The van der Waals surface area contributed by atoms with Crippen LogP contribution in [0.5, 0.6) is 5.75 Å². The molecule has 0 saturated heterocycles. The van der Waals surface area contributed by atoms with Gasteiger partial charge in [0.2, 0.25) is 5.91 Å². The minimum absolute atomic E-state index is 0.0932. The van der Waals surface area contributed by atoms with Gasteiger partial charge in [0, 0.05) is 18.5 Å². The third kappa shape index (κ3) is 5.15. The molecule has 5 nitrogen and oxygen atoms in total. The van der Waals surface area contributed by atoms with E-state index in [0.717, 1.165) is 55.5 Å². The zero-order chi connectivity index (χ0) is 21.0. The van der Waals surface area contributed by atoms with Gasteiger partial charge in [-0.25, -0.2) is 4.39 Å². The molecular weight excluding hydrogens is 393 g/mol. The van der Waals surface area contributed by atoms with Crippen LogP contribution in [0.15, 0.2) is 53.4 Å². The van der Waals surface area contributed by atoms with E-state index < -0.39 is 15.9 Å². The molecule has 0 radical (unpaired) electrons. The highest BCUT2D eigenvalue weighted by atomic mass is 32.2. The number of hydrogen-bond acceptors (Lipinski definition) is 4. The highest BCUT2D eigenvalue weighted by Gasteiger charge is 2.31. The van der Waals surface area contributed by atoms with Crippen LogP contribution in [-0.2, 0) is 21.5 Å². The number of carbonyl (C=O) groups is 1. The second-order valence-electron chi connectivity index (χ2n) is 7.49. The van der Waals surface area contributed by atoms with Gasteiger partial charge in [-0.15, -0.1) is 0 Å². The van der Waals surface area contributed by atoms with Crippen molar-refractivity contribution in [3.8, 4) is 5.75 Å². The Hall–Kier alpha value is -2.41. The number of hydrogen-bond donors (Lipinski definition) is 0. The smallest absolute Gasteiger partial charge is 0.339 e. The lowest BCUT2D eigenvalue weighted by atomic mass is 9.84. The van der Waals surface area contributed by atoms with E-state index in [4.69, 9.17) is 4.18 Å². The summed E-state index contributed by atoms with van der Waals surface area (Å²) in [5.41, 5.74) is 0.796. The normalized spacial score (nSPS) is 15.4. The fourth-order valence-electron chi connectivity index (χ4n) is 3.23. The van der Waals surface area contributed by atoms with E-state index in [2.05, 4.69) is 0 Å². The summed E-state index contributed by atoms with van der Waals surface area (Å²) in [6.07, 6.45) is 3.80. The molecular formula is C22H26FNO4S. The number of rotatable bonds is 8. The van der Waals surface area contributed by atoms with E-state index in [9.17, 15) is 17.6 Å². The van der Waals surface area contributed by atoms with Gasteiger partial charge in [-0.05, 0) is 68.1 Å². The Morgan fingerprint density at radius 3 is 2.48 bits per heavy atom. The lowest BCUT2D eigenvalue weighted by Crippen LogP contribution is -2.43. The molecule has 156 valence electrons. The molecule has 0 unspecified atom stereocenters. The van der Waals surface area contributed by atoms with E-state index >= 15 is 0 Å². The van der Waals surface area contributed by atoms with E-state index in [0.29, 0.717) is 6.54 Å². The van der Waals surface area contributed by atoms with Crippen LogP contribution in [0, 0.1) is 11.7 Å². The maximum absolute atomic E-state index is 13.1. The Labute approximate surface area is 171 Å². The fourth-order valence-corrected chi connectivity index (χ4v) is 4.15. The highest BCUT2D eigenvalue weighted by Crippen LogP contribution is 2.30. The Morgan fingerprint density at radius 2 is 1.90 bits per heavy atom. The standard InChI is InChI=1S/C22H26FNO4S/c1-3-16(2)24(22(25)18-7-5-8-18)15-17-6-4-9-20(14-17)28-29(26,27)21-12-10-19(23)11-13-21/h4,6,9-14,16,18H,3,5,7-8,15H2,1-2H3/t16-/m0/s1. The molecule has 0 aliphatic heterocycles. The van der Waals surface area contributed by atoms with Crippen molar-refractivity contribution in [3.63, 3.8) is 0 Å². The summed E-state index contributed by atoms with van der Waals surface area (Å²) in [7, 11) is -4.07. The molecule has 2 aromatic carbocycles. The van der Waals surface area contributed by atoms with Crippen LogP contribution in [0.25, 0.3) is 0 Å². The van der Waals surface area contributed by atoms with Gasteiger partial charge in [-0.2, -0.15) is 8.42 Å². The van der Waals surface area contributed by atoms with Crippen LogP contribution in [0.2, 0.25) is 0 Å². The topological polar surface area (TPSA) is 63.7 Å². The summed E-state index contributed by atoms with van der Waals surface area (Å²) in [4.78, 5) is 14.6. The number of carbonyl (C=O) groups excluding carboxylic acids is 1. The largest absolute Gasteiger partial charge is 0.379 e. The minimum atomic E-state index is -4.07. The zero-order valence-corrected chi connectivity index (χ0v) is 17.5. The Morgan fingerprint density at radius 1 is 1.21 bits per heavy atom. The summed E-state index contributed by atoms with van der Waals surface area (Å²) in [6.45, 7) is 4.47. The van der Waals surface area contributed by atoms with Crippen molar-refractivity contribution < 1.29 is 21.8 Å². The molecule has 0 heterocycles. The van der Waals surface area contributed by atoms with Gasteiger partial charge in [0.15, 0.2) is 0 Å². The van der Waals surface area contributed by atoms with Gasteiger partial charge in [0.05, 0.1) is 0 Å². The average molecular weight is 420 g/mol. The SMILES string of the molecule is CC[C@H](C)N(Cc1cccc(OS(=O)(=O)c2ccc(F)cc2)c1)C(=O)C1CCC1. The van der Waals surface area contributed by atoms with Gasteiger partial charge in [0.1, 0.15) is 16.5 Å². The third-order valence-corrected chi connectivity index (χ3v) is 6.68. The Balaban J connectivity index is 1.77. The van der Waals surface area contributed by atoms with Crippen LogP contribution in [0.3, 0.4) is 0 Å². The fraction of sp³-hybridized carbons (Fsp3) is 0.409. The third-order valence-electron chi connectivity index (χ3n) is 5.42. The molecule has 3 rings (SSSR count). The van der Waals surface area contributed by atoms with Gasteiger partial charge in [-0.3, -0.25) is 4.79 Å². The maximum atomic E-state index is 13.1. The van der Waals surface area contributed by atoms with Gasteiger partial charge < -0.3 is 9.08 Å². The van der Waals surface area contributed by atoms with Gasteiger partial charge in [-0.1, -0.05) is 25.5 Å². The first kappa shape index (κ1) is 21.3. The Bertz CT molecular complexity index is 955. The van der Waals surface area contributed by atoms with Crippen molar-refractivity contribution >= 4 is 16.0 Å². The molecule has 0 spiro atoms. The van der Waals surface area contributed by atoms with Crippen molar-refractivity contribution in [3.05, 3.63) is 59.9 Å². The number of benzene rings is 2. The molecule has 1 atom stereocenters. The molecule has 1 fully saturated rings. The van der Waals surface area contributed by atoms with E-state index in [1.807, 2.05) is 24.8 Å². The van der Waals surface area contributed by atoms with E-state index in [1.54, 1.807) is 18.2 Å². The number of nitrogens with zero attached hydrogens (tertiary/aromatic N) is 1. The average Bonchev–Trinajstić information content (AvgIpc) is 2.64. The predicted octanol–water partition coefficient (Wildman–Crippen LogP) is 4.52. The van der Waals surface area contributed by atoms with E-state index in [1.165, 1.54) is 0 Å². The maximum Gasteiger partial charge on any atom is 0.339 e. The molecule has 0 N–H and O–H groups in total. The zero-order valence-electron chi connectivity index (χ0n) is 16.7. The van der Waals surface area contributed by atoms with Crippen molar-refractivity contribution in [2.45, 2.75) is 57.0 Å². The summed E-state index contributed by atoms with van der Waals surface area (Å²) in [5, 5.41) is 0. The van der Waals surface area contributed by atoms with Crippen LogP contribution >= 0.6 is 0 Å². The molecule has 1 aliphatic rings. The Kier molecular flexibility index (Phi) is 6.57.